The van der Waals surface area contributed by atoms with Crippen LogP contribution in [0.3, 0.4) is 0 Å². The number of hydrogen-bond acceptors (Lipinski definition) is 3. The fraction of sp³-hybridized carbons (Fsp3) is 0.556. The molecule has 3 amide bonds. The molecule has 0 spiro atoms. The first kappa shape index (κ1) is 20.2. The molecule has 1 aromatic rings. The van der Waals surface area contributed by atoms with Gasteiger partial charge in [-0.1, -0.05) is 38.1 Å². The first-order chi connectivity index (χ1) is 12.1. The minimum absolute atomic E-state index is 0.0317. The van der Waals surface area contributed by atoms with Crippen LogP contribution in [0, 0.1) is 0 Å². The fourth-order valence-corrected chi connectivity index (χ4v) is 2.57. The van der Waals surface area contributed by atoms with E-state index in [4.69, 9.17) is 0 Å². The number of benzene rings is 1. The van der Waals surface area contributed by atoms with E-state index in [-0.39, 0.29) is 12.6 Å². The summed E-state index contributed by atoms with van der Waals surface area (Å²) in [7, 11) is 0. The Kier molecular flexibility index (Phi) is 6.63. The third-order valence-corrected chi connectivity index (χ3v) is 4.14. The number of imide groups is 1. The lowest BCUT2D eigenvalue weighted by atomic mass is 10.0. The Bertz CT molecular complexity index is 626. The lowest BCUT2D eigenvalue weighted by molar-refractivity contribution is -0.125. The van der Waals surface area contributed by atoms with Crippen molar-refractivity contribution < 1.29 is 22.8 Å². The number of rotatable bonds is 7. The predicted molar refractivity (Wildman–Crippen MR) is 91.6 cm³/mol. The van der Waals surface area contributed by atoms with Gasteiger partial charge in [0.1, 0.15) is 6.54 Å². The van der Waals surface area contributed by atoms with E-state index in [9.17, 15) is 22.8 Å². The van der Waals surface area contributed by atoms with E-state index >= 15 is 0 Å². The molecule has 2 N–H and O–H groups in total. The average Bonchev–Trinajstić information content (AvgIpc) is 3.37. The summed E-state index contributed by atoms with van der Waals surface area (Å²) in [6.07, 6.45) is -2.57. The molecule has 0 unspecified atom stereocenters. The Balaban J connectivity index is 1.85. The van der Waals surface area contributed by atoms with Gasteiger partial charge in [-0.05, 0) is 29.9 Å². The summed E-state index contributed by atoms with van der Waals surface area (Å²) in [4.78, 5) is 25.3. The molecular weight excluding hydrogens is 347 g/mol. The molecule has 0 aliphatic heterocycles. The van der Waals surface area contributed by atoms with Crippen LogP contribution in [0.25, 0.3) is 0 Å². The monoisotopic (exact) mass is 371 g/mol. The molecule has 1 aromatic carbocycles. The predicted octanol–water partition coefficient (Wildman–Crippen LogP) is 3.16. The summed E-state index contributed by atoms with van der Waals surface area (Å²) in [6, 6.07) is 7.26. The third-order valence-electron chi connectivity index (χ3n) is 4.14. The molecule has 0 heterocycles. The largest absolute Gasteiger partial charge is 0.405 e. The minimum Gasteiger partial charge on any atom is -0.329 e. The van der Waals surface area contributed by atoms with Gasteiger partial charge in [-0.15, -0.1) is 0 Å². The first-order valence-corrected chi connectivity index (χ1v) is 8.61. The van der Waals surface area contributed by atoms with Crippen molar-refractivity contribution in [3.8, 4) is 0 Å². The number of alkyl halides is 3. The summed E-state index contributed by atoms with van der Waals surface area (Å²) in [5.74, 6) is -0.181. The van der Waals surface area contributed by atoms with Crippen LogP contribution < -0.4 is 10.6 Å². The van der Waals surface area contributed by atoms with Crippen LogP contribution in [0.4, 0.5) is 18.0 Å². The van der Waals surface area contributed by atoms with Crippen molar-refractivity contribution in [2.75, 3.05) is 13.1 Å². The second-order valence-electron chi connectivity index (χ2n) is 6.88. The van der Waals surface area contributed by atoms with Gasteiger partial charge < -0.3 is 5.32 Å². The highest BCUT2D eigenvalue weighted by Crippen LogP contribution is 2.28. The number of carbonyl (C=O) groups is 2. The Morgan fingerprint density at radius 2 is 1.81 bits per heavy atom. The molecule has 0 bridgehead atoms. The average molecular weight is 371 g/mol. The Hall–Kier alpha value is -2.09. The maximum atomic E-state index is 12.1. The van der Waals surface area contributed by atoms with E-state index in [1.165, 1.54) is 5.56 Å². The van der Waals surface area contributed by atoms with E-state index in [2.05, 4.69) is 26.0 Å². The molecule has 1 fully saturated rings. The van der Waals surface area contributed by atoms with Crippen LogP contribution in [-0.4, -0.2) is 42.1 Å². The van der Waals surface area contributed by atoms with E-state index < -0.39 is 24.7 Å². The van der Waals surface area contributed by atoms with Crippen molar-refractivity contribution in [1.29, 1.82) is 0 Å². The van der Waals surface area contributed by atoms with Gasteiger partial charge in [0.05, 0.1) is 6.54 Å². The van der Waals surface area contributed by atoms with E-state index in [0.29, 0.717) is 12.5 Å². The Morgan fingerprint density at radius 3 is 2.31 bits per heavy atom. The molecular formula is C18H24F3N3O2. The molecule has 5 nitrogen and oxygen atoms in total. The van der Waals surface area contributed by atoms with Crippen LogP contribution in [0.2, 0.25) is 0 Å². The molecule has 2 rings (SSSR count). The van der Waals surface area contributed by atoms with Crippen LogP contribution in [0.15, 0.2) is 24.3 Å². The van der Waals surface area contributed by atoms with Crippen LogP contribution >= 0.6 is 0 Å². The van der Waals surface area contributed by atoms with Gasteiger partial charge >= 0.3 is 12.2 Å². The van der Waals surface area contributed by atoms with Gasteiger partial charge in [-0.2, -0.15) is 13.2 Å². The van der Waals surface area contributed by atoms with Crippen molar-refractivity contribution in [3.05, 3.63) is 35.4 Å². The number of halogens is 3. The smallest absolute Gasteiger partial charge is 0.329 e. The quantitative estimate of drug-likeness (QED) is 0.774. The van der Waals surface area contributed by atoms with E-state index in [1.54, 1.807) is 5.32 Å². The maximum absolute atomic E-state index is 12.1. The Morgan fingerprint density at radius 1 is 1.19 bits per heavy atom. The van der Waals surface area contributed by atoms with E-state index in [1.807, 2.05) is 22.3 Å². The lowest BCUT2D eigenvalue weighted by Crippen LogP contribution is -2.47. The zero-order valence-corrected chi connectivity index (χ0v) is 14.9. The van der Waals surface area contributed by atoms with Crippen molar-refractivity contribution in [2.24, 2.45) is 0 Å². The molecule has 144 valence electrons. The summed E-state index contributed by atoms with van der Waals surface area (Å²) in [5.41, 5.74) is 2.28. The molecule has 26 heavy (non-hydrogen) atoms. The number of amides is 3. The van der Waals surface area contributed by atoms with Crippen LogP contribution in [0.5, 0.6) is 0 Å². The molecule has 8 heteroatoms. The topological polar surface area (TPSA) is 61.4 Å². The van der Waals surface area contributed by atoms with Crippen LogP contribution in [-0.2, 0) is 11.3 Å². The standard InChI is InChI=1S/C18H24F3N3O2/c1-12(2)14-5-3-13(4-6-14)9-24(15-7-8-15)10-16(25)23-17(26)22-11-18(19,20)21/h3-6,12,15H,7-11H2,1-2H3,(H2,22,23,25,26). The highest BCUT2D eigenvalue weighted by atomic mass is 19.4. The van der Waals surface area contributed by atoms with Crippen molar-refractivity contribution >= 4 is 11.9 Å². The van der Waals surface area contributed by atoms with E-state index in [0.717, 1.165) is 18.4 Å². The normalized spacial score (nSPS) is 14.6. The molecule has 1 saturated carbocycles. The second-order valence-corrected chi connectivity index (χ2v) is 6.88. The summed E-state index contributed by atoms with van der Waals surface area (Å²) >= 11 is 0. The molecule has 0 aromatic heterocycles. The molecule has 1 aliphatic rings. The molecule has 1 aliphatic carbocycles. The number of carbonyl (C=O) groups excluding carboxylic acids is 2. The number of nitrogens with one attached hydrogen (secondary N) is 2. The van der Waals surface area contributed by atoms with Crippen molar-refractivity contribution in [3.63, 3.8) is 0 Å². The zero-order chi connectivity index (χ0) is 19.3. The fourth-order valence-electron chi connectivity index (χ4n) is 2.57. The van der Waals surface area contributed by atoms with Gasteiger partial charge in [-0.25, -0.2) is 4.79 Å². The zero-order valence-electron chi connectivity index (χ0n) is 14.9. The van der Waals surface area contributed by atoms with Gasteiger partial charge in [-0.3, -0.25) is 15.0 Å². The maximum Gasteiger partial charge on any atom is 0.405 e. The van der Waals surface area contributed by atoms with Crippen molar-refractivity contribution in [1.82, 2.24) is 15.5 Å². The lowest BCUT2D eigenvalue weighted by Gasteiger charge is -2.21. The van der Waals surface area contributed by atoms with Gasteiger partial charge in [0, 0.05) is 12.6 Å². The molecule has 0 radical (unpaired) electrons. The van der Waals surface area contributed by atoms with Gasteiger partial charge in [0.15, 0.2) is 0 Å². The minimum atomic E-state index is -4.51. The second kappa shape index (κ2) is 8.53. The number of hydrogen-bond donors (Lipinski definition) is 2. The number of nitrogens with zero attached hydrogens (tertiary/aromatic N) is 1. The third kappa shape index (κ3) is 7.03. The summed E-state index contributed by atoms with van der Waals surface area (Å²) < 4.78 is 36.2. The summed E-state index contributed by atoms with van der Waals surface area (Å²) in [6.45, 7) is 3.27. The highest BCUT2D eigenvalue weighted by Gasteiger charge is 2.31. The van der Waals surface area contributed by atoms with Gasteiger partial charge in [0.25, 0.3) is 0 Å². The molecule has 0 saturated heterocycles. The highest BCUT2D eigenvalue weighted by molar-refractivity contribution is 5.95. The first-order valence-electron chi connectivity index (χ1n) is 8.61. The molecule has 0 atom stereocenters. The van der Waals surface area contributed by atoms with Gasteiger partial charge in [0.2, 0.25) is 5.91 Å². The number of urea groups is 1. The SMILES string of the molecule is CC(C)c1ccc(CN(CC(=O)NC(=O)NCC(F)(F)F)C2CC2)cc1. The van der Waals surface area contributed by atoms with Crippen molar-refractivity contribution in [2.45, 2.75) is 51.4 Å². The summed E-state index contributed by atoms with van der Waals surface area (Å²) in [5, 5.41) is 3.57. The van der Waals surface area contributed by atoms with Crippen LogP contribution in [0.1, 0.15) is 43.7 Å². The Labute approximate surface area is 150 Å².